The Bertz CT molecular complexity index is 523. The molecule has 0 aromatic carbocycles. The number of nitrogens with zero attached hydrogens (tertiary/aromatic N) is 1. The Kier molecular flexibility index (Phi) is 6.63. The van der Waals surface area contributed by atoms with Crippen molar-refractivity contribution in [3.8, 4) is 0 Å². The zero-order valence-electron chi connectivity index (χ0n) is 12.0. The van der Waals surface area contributed by atoms with Crippen LogP contribution < -0.4 is 10.9 Å². The standard InChI is InChI=1S/C14H21N3O3/c1-3-4-5-6-12(19)8-7-11-9-13(20)17-14(16-11)15-10(2)18/h9H,3-8H2,1-2H3,(H2,15,16,17,18,20). The summed E-state index contributed by atoms with van der Waals surface area (Å²) in [5.74, 6) is 0.000910. The summed E-state index contributed by atoms with van der Waals surface area (Å²) in [5, 5.41) is 2.43. The van der Waals surface area contributed by atoms with E-state index in [-0.39, 0.29) is 23.2 Å². The number of carbonyl (C=O) groups excluding carboxylic acids is 2. The van der Waals surface area contributed by atoms with Crippen LogP contribution in [0.3, 0.4) is 0 Å². The number of aryl methyl sites for hydroxylation is 1. The zero-order chi connectivity index (χ0) is 15.0. The predicted octanol–water partition coefficient (Wildman–Crippen LogP) is 1.81. The molecule has 0 fully saturated rings. The summed E-state index contributed by atoms with van der Waals surface area (Å²) in [6, 6.07) is 1.35. The third kappa shape index (κ3) is 6.26. The lowest BCUT2D eigenvalue weighted by molar-refractivity contribution is -0.119. The zero-order valence-corrected chi connectivity index (χ0v) is 12.0. The molecule has 2 N–H and O–H groups in total. The minimum absolute atomic E-state index is 0.124. The van der Waals surface area contributed by atoms with Crippen LogP contribution in [0.25, 0.3) is 0 Å². The number of H-pyrrole nitrogens is 1. The molecule has 0 bridgehead atoms. The van der Waals surface area contributed by atoms with Crippen molar-refractivity contribution >= 4 is 17.6 Å². The lowest BCUT2D eigenvalue weighted by Gasteiger charge is -2.04. The molecule has 0 radical (unpaired) electrons. The number of nitrogens with one attached hydrogen (secondary N) is 2. The van der Waals surface area contributed by atoms with E-state index in [4.69, 9.17) is 0 Å². The van der Waals surface area contributed by atoms with Crippen molar-refractivity contribution in [1.29, 1.82) is 0 Å². The van der Waals surface area contributed by atoms with Gasteiger partial charge in [-0.1, -0.05) is 19.8 Å². The van der Waals surface area contributed by atoms with Crippen LogP contribution in [0.5, 0.6) is 0 Å². The van der Waals surface area contributed by atoms with Gasteiger partial charge in [-0.15, -0.1) is 0 Å². The number of rotatable bonds is 8. The molecule has 0 aliphatic heterocycles. The van der Waals surface area contributed by atoms with Gasteiger partial charge in [0.15, 0.2) is 0 Å². The van der Waals surface area contributed by atoms with Gasteiger partial charge in [-0.05, 0) is 12.8 Å². The summed E-state index contributed by atoms with van der Waals surface area (Å²) in [5.41, 5.74) is 0.179. The summed E-state index contributed by atoms with van der Waals surface area (Å²) in [6.07, 6.45) is 4.43. The van der Waals surface area contributed by atoms with E-state index in [2.05, 4.69) is 22.2 Å². The molecule has 1 amide bonds. The molecule has 0 aliphatic rings. The SMILES string of the molecule is CCCCCC(=O)CCc1cc(=O)[nH]c(NC(C)=O)n1. The van der Waals surface area contributed by atoms with Gasteiger partial charge in [0.05, 0.1) is 5.69 Å². The lowest BCUT2D eigenvalue weighted by Crippen LogP contribution is -2.17. The molecular weight excluding hydrogens is 258 g/mol. The quantitative estimate of drug-likeness (QED) is 0.710. The molecule has 0 aliphatic carbocycles. The Morgan fingerprint density at radius 3 is 2.70 bits per heavy atom. The van der Waals surface area contributed by atoms with Crippen LogP contribution in [0.4, 0.5) is 5.95 Å². The molecule has 0 spiro atoms. The second-order valence-corrected chi connectivity index (χ2v) is 4.76. The number of hydrogen-bond acceptors (Lipinski definition) is 4. The normalized spacial score (nSPS) is 10.3. The summed E-state index contributed by atoms with van der Waals surface area (Å²) >= 11 is 0. The van der Waals surface area contributed by atoms with E-state index in [1.807, 2.05) is 0 Å². The fourth-order valence-corrected chi connectivity index (χ4v) is 1.83. The number of ketones is 1. The van der Waals surface area contributed by atoms with Crippen LogP contribution >= 0.6 is 0 Å². The van der Waals surface area contributed by atoms with E-state index in [9.17, 15) is 14.4 Å². The van der Waals surface area contributed by atoms with E-state index in [1.165, 1.54) is 13.0 Å². The minimum atomic E-state index is -0.336. The smallest absolute Gasteiger partial charge is 0.252 e. The number of anilines is 1. The number of aromatic nitrogens is 2. The fourth-order valence-electron chi connectivity index (χ4n) is 1.83. The summed E-state index contributed by atoms with van der Waals surface area (Å²) in [7, 11) is 0. The maximum absolute atomic E-state index is 11.7. The minimum Gasteiger partial charge on any atom is -0.300 e. The maximum Gasteiger partial charge on any atom is 0.252 e. The molecule has 0 unspecified atom stereocenters. The van der Waals surface area contributed by atoms with Gasteiger partial charge in [0.1, 0.15) is 5.78 Å². The summed E-state index contributed by atoms with van der Waals surface area (Å²) in [4.78, 5) is 40.5. The molecule has 110 valence electrons. The van der Waals surface area contributed by atoms with Gasteiger partial charge < -0.3 is 0 Å². The third-order valence-electron chi connectivity index (χ3n) is 2.81. The van der Waals surface area contributed by atoms with Crippen LogP contribution in [0.2, 0.25) is 0 Å². The van der Waals surface area contributed by atoms with Crippen LogP contribution in [-0.4, -0.2) is 21.7 Å². The van der Waals surface area contributed by atoms with Gasteiger partial charge >= 0.3 is 0 Å². The number of carbonyl (C=O) groups is 2. The number of hydrogen-bond donors (Lipinski definition) is 2. The highest BCUT2D eigenvalue weighted by Crippen LogP contribution is 2.06. The molecule has 1 aromatic rings. The lowest BCUT2D eigenvalue weighted by atomic mass is 10.1. The molecule has 6 nitrogen and oxygen atoms in total. The van der Waals surface area contributed by atoms with Crippen molar-refractivity contribution in [3.05, 3.63) is 22.1 Å². The first-order chi connectivity index (χ1) is 9.51. The fraction of sp³-hybridized carbons (Fsp3) is 0.571. The van der Waals surface area contributed by atoms with Gasteiger partial charge in [0, 0.05) is 25.8 Å². The van der Waals surface area contributed by atoms with Gasteiger partial charge in [0.2, 0.25) is 11.9 Å². The van der Waals surface area contributed by atoms with Crippen LogP contribution in [0.15, 0.2) is 10.9 Å². The first-order valence-corrected chi connectivity index (χ1v) is 6.90. The van der Waals surface area contributed by atoms with Crippen LogP contribution in [-0.2, 0) is 16.0 Å². The molecule has 1 rings (SSSR count). The summed E-state index contributed by atoms with van der Waals surface area (Å²) in [6.45, 7) is 3.43. The van der Waals surface area contributed by atoms with Crippen molar-refractivity contribution in [2.75, 3.05) is 5.32 Å². The van der Waals surface area contributed by atoms with Crippen LogP contribution in [0.1, 0.15) is 51.6 Å². The average molecular weight is 279 g/mol. The number of Topliss-reactive ketones (excluding diaryl/α,β-unsaturated/α-hetero) is 1. The molecule has 0 atom stereocenters. The van der Waals surface area contributed by atoms with Crippen molar-refractivity contribution in [1.82, 2.24) is 9.97 Å². The Hall–Kier alpha value is -1.98. The molecule has 0 saturated carbocycles. The Balaban J connectivity index is 2.55. The van der Waals surface area contributed by atoms with Crippen molar-refractivity contribution in [2.45, 2.75) is 52.4 Å². The van der Waals surface area contributed by atoms with Crippen molar-refractivity contribution in [2.24, 2.45) is 0 Å². The predicted molar refractivity (Wildman–Crippen MR) is 76.6 cm³/mol. The van der Waals surface area contributed by atoms with E-state index >= 15 is 0 Å². The van der Waals surface area contributed by atoms with Crippen molar-refractivity contribution < 1.29 is 9.59 Å². The van der Waals surface area contributed by atoms with Gasteiger partial charge in [-0.3, -0.25) is 24.7 Å². The monoisotopic (exact) mass is 279 g/mol. The molecular formula is C14H21N3O3. The summed E-state index contributed by atoms with van der Waals surface area (Å²) < 4.78 is 0. The highest BCUT2D eigenvalue weighted by molar-refractivity contribution is 5.86. The molecule has 20 heavy (non-hydrogen) atoms. The van der Waals surface area contributed by atoms with Crippen LogP contribution in [0, 0.1) is 0 Å². The van der Waals surface area contributed by atoms with Gasteiger partial charge in [0.25, 0.3) is 5.56 Å². The molecule has 6 heteroatoms. The van der Waals surface area contributed by atoms with Gasteiger partial charge in [-0.25, -0.2) is 4.98 Å². The molecule has 1 heterocycles. The highest BCUT2D eigenvalue weighted by atomic mass is 16.2. The Morgan fingerprint density at radius 2 is 2.05 bits per heavy atom. The highest BCUT2D eigenvalue weighted by Gasteiger charge is 2.06. The van der Waals surface area contributed by atoms with E-state index in [0.717, 1.165) is 19.3 Å². The maximum atomic E-state index is 11.7. The number of aromatic amines is 1. The number of unbranched alkanes of at least 4 members (excludes halogenated alkanes) is 2. The van der Waals surface area contributed by atoms with E-state index in [0.29, 0.717) is 25.0 Å². The first kappa shape index (κ1) is 16.1. The second-order valence-electron chi connectivity index (χ2n) is 4.76. The topological polar surface area (TPSA) is 91.9 Å². The first-order valence-electron chi connectivity index (χ1n) is 6.90. The molecule has 1 aromatic heterocycles. The Labute approximate surface area is 118 Å². The Morgan fingerprint density at radius 1 is 1.30 bits per heavy atom. The largest absolute Gasteiger partial charge is 0.300 e. The third-order valence-corrected chi connectivity index (χ3v) is 2.81. The average Bonchev–Trinajstić information content (AvgIpc) is 2.35. The second kappa shape index (κ2) is 8.24. The van der Waals surface area contributed by atoms with E-state index < -0.39 is 0 Å². The van der Waals surface area contributed by atoms with E-state index in [1.54, 1.807) is 0 Å². The number of amides is 1. The van der Waals surface area contributed by atoms with Gasteiger partial charge in [-0.2, -0.15) is 0 Å². The van der Waals surface area contributed by atoms with Crippen molar-refractivity contribution in [3.63, 3.8) is 0 Å². The molecule has 0 saturated heterocycles.